The molecule has 0 aliphatic heterocycles. The zero-order valence-corrected chi connectivity index (χ0v) is 10.7. The molecule has 0 amide bonds. The van der Waals surface area contributed by atoms with Gasteiger partial charge >= 0.3 is 0 Å². The second-order valence-corrected chi connectivity index (χ2v) is 6.39. The third-order valence-corrected chi connectivity index (χ3v) is 3.26. The Bertz CT molecular complexity index is 426. The van der Waals surface area contributed by atoms with Gasteiger partial charge in [-0.15, -0.1) is 0 Å². The molecule has 5 heteroatoms. The van der Waals surface area contributed by atoms with Crippen molar-refractivity contribution in [2.24, 2.45) is 0 Å². The molecule has 0 aromatic carbocycles. The summed E-state index contributed by atoms with van der Waals surface area (Å²) in [5.74, 6) is 0.152. The number of sulfone groups is 1. The van der Waals surface area contributed by atoms with E-state index in [1.807, 2.05) is 26.0 Å². The summed E-state index contributed by atoms with van der Waals surface area (Å²) in [4.78, 5) is 4.23. The summed E-state index contributed by atoms with van der Waals surface area (Å²) in [7, 11) is -2.92. The van der Waals surface area contributed by atoms with Crippen LogP contribution in [0.4, 0.5) is 0 Å². The van der Waals surface area contributed by atoms with Crippen LogP contribution in [0.15, 0.2) is 18.3 Å². The average Bonchev–Trinajstić information content (AvgIpc) is 2.14. The molecule has 1 atom stereocenters. The van der Waals surface area contributed by atoms with E-state index < -0.39 is 9.84 Å². The second-order valence-electron chi connectivity index (χ2n) is 4.20. The molecule has 0 saturated carbocycles. The lowest BCUT2D eigenvalue weighted by atomic mass is 10.2. The van der Waals surface area contributed by atoms with Gasteiger partial charge in [-0.1, -0.05) is 6.07 Å². The van der Waals surface area contributed by atoms with Gasteiger partial charge in [0.15, 0.2) is 0 Å². The third kappa shape index (κ3) is 5.23. The first-order valence-electron chi connectivity index (χ1n) is 5.19. The monoisotopic (exact) mass is 242 g/mol. The van der Waals surface area contributed by atoms with Crippen molar-refractivity contribution in [3.8, 4) is 0 Å². The van der Waals surface area contributed by atoms with Crippen LogP contribution in [-0.4, -0.2) is 31.5 Å². The minimum atomic E-state index is -2.92. The highest BCUT2D eigenvalue weighted by Crippen LogP contribution is 1.99. The highest BCUT2D eigenvalue weighted by atomic mass is 32.2. The van der Waals surface area contributed by atoms with E-state index in [2.05, 4.69) is 10.3 Å². The molecule has 90 valence electrons. The molecular formula is C11H18N2O2S. The molecule has 1 rings (SSSR count). The maximum absolute atomic E-state index is 11.0. The Kier molecular flexibility index (Phi) is 4.44. The zero-order chi connectivity index (χ0) is 12.2. The minimum absolute atomic E-state index is 0.0573. The summed E-state index contributed by atoms with van der Waals surface area (Å²) >= 11 is 0. The molecule has 1 aromatic heterocycles. The van der Waals surface area contributed by atoms with Gasteiger partial charge in [0, 0.05) is 25.0 Å². The van der Waals surface area contributed by atoms with E-state index in [9.17, 15) is 8.42 Å². The molecule has 0 aliphatic rings. The summed E-state index contributed by atoms with van der Waals surface area (Å²) in [6, 6.07) is 3.87. The van der Waals surface area contributed by atoms with Crippen LogP contribution in [0.3, 0.4) is 0 Å². The average molecular weight is 242 g/mol. The maximum atomic E-state index is 11.0. The van der Waals surface area contributed by atoms with E-state index in [1.165, 1.54) is 6.26 Å². The quantitative estimate of drug-likeness (QED) is 0.834. The summed E-state index contributed by atoms with van der Waals surface area (Å²) < 4.78 is 22.1. The van der Waals surface area contributed by atoms with Gasteiger partial charge < -0.3 is 5.32 Å². The molecule has 1 aromatic rings. The van der Waals surface area contributed by atoms with Crippen LogP contribution in [0.2, 0.25) is 0 Å². The highest BCUT2D eigenvalue weighted by Gasteiger charge is 2.09. The molecule has 0 radical (unpaired) electrons. The number of pyridine rings is 1. The van der Waals surface area contributed by atoms with Gasteiger partial charge in [-0.25, -0.2) is 8.42 Å². The SMILES string of the molecule is Cc1ccc(CNC(C)CS(C)(=O)=O)nc1. The van der Waals surface area contributed by atoms with Crippen molar-refractivity contribution >= 4 is 9.84 Å². The molecule has 0 fully saturated rings. The van der Waals surface area contributed by atoms with Gasteiger partial charge in [0.05, 0.1) is 11.4 Å². The van der Waals surface area contributed by atoms with Crippen molar-refractivity contribution in [3.05, 3.63) is 29.6 Å². The molecule has 4 nitrogen and oxygen atoms in total. The fourth-order valence-corrected chi connectivity index (χ4v) is 2.42. The highest BCUT2D eigenvalue weighted by molar-refractivity contribution is 7.90. The number of nitrogens with zero attached hydrogens (tertiary/aromatic N) is 1. The second kappa shape index (κ2) is 5.41. The Labute approximate surface area is 97.0 Å². The summed E-state index contributed by atoms with van der Waals surface area (Å²) in [5.41, 5.74) is 2.04. The van der Waals surface area contributed by atoms with E-state index >= 15 is 0 Å². The smallest absolute Gasteiger partial charge is 0.148 e. The topological polar surface area (TPSA) is 59.1 Å². The van der Waals surface area contributed by atoms with Crippen molar-refractivity contribution in [3.63, 3.8) is 0 Å². The number of aromatic nitrogens is 1. The third-order valence-electron chi connectivity index (χ3n) is 2.16. The molecule has 0 spiro atoms. The summed E-state index contributed by atoms with van der Waals surface area (Å²) in [6.45, 7) is 4.43. The summed E-state index contributed by atoms with van der Waals surface area (Å²) in [6.07, 6.45) is 3.05. The molecule has 1 heterocycles. The van der Waals surface area contributed by atoms with Gasteiger partial charge in [0.2, 0.25) is 0 Å². The number of nitrogens with one attached hydrogen (secondary N) is 1. The first kappa shape index (κ1) is 13.1. The van der Waals surface area contributed by atoms with E-state index in [1.54, 1.807) is 6.20 Å². The standard InChI is InChI=1S/C11H18N2O2S/c1-9-4-5-11(13-6-9)7-12-10(2)8-16(3,14)15/h4-6,10,12H,7-8H2,1-3H3. The van der Waals surface area contributed by atoms with Crippen molar-refractivity contribution in [2.45, 2.75) is 26.4 Å². The first-order chi connectivity index (χ1) is 7.37. The Balaban J connectivity index is 2.43. The lowest BCUT2D eigenvalue weighted by Gasteiger charge is -2.12. The molecule has 0 bridgehead atoms. The molecular weight excluding hydrogens is 224 g/mol. The maximum Gasteiger partial charge on any atom is 0.148 e. The van der Waals surface area contributed by atoms with E-state index in [-0.39, 0.29) is 11.8 Å². The van der Waals surface area contributed by atoms with Crippen LogP contribution < -0.4 is 5.32 Å². The largest absolute Gasteiger partial charge is 0.308 e. The van der Waals surface area contributed by atoms with E-state index in [4.69, 9.17) is 0 Å². The molecule has 16 heavy (non-hydrogen) atoms. The minimum Gasteiger partial charge on any atom is -0.308 e. The van der Waals surface area contributed by atoms with E-state index in [0.717, 1.165) is 11.3 Å². The number of hydrogen-bond acceptors (Lipinski definition) is 4. The van der Waals surface area contributed by atoms with Crippen LogP contribution in [-0.2, 0) is 16.4 Å². The normalized spacial score (nSPS) is 13.7. The van der Waals surface area contributed by atoms with Gasteiger partial charge in [-0.2, -0.15) is 0 Å². The van der Waals surface area contributed by atoms with Crippen LogP contribution >= 0.6 is 0 Å². The molecule has 1 unspecified atom stereocenters. The lowest BCUT2D eigenvalue weighted by molar-refractivity contribution is 0.556. The van der Waals surface area contributed by atoms with Crippen molar-refractivity contribution in [1.29, 1.82) is 0 Å². The van der Waals surface area contributed by atoms with Crippen LogP contribution in [0.5, 0.6) is 0 Å². The predicted molar refractivity (Wildman–Crippen MR) is 65.0 cm³/mol. The van der Waals surface area contributed by atoms with Gasteiger partial charge in [-0.3, -0.25) is 4.98 Å². The Morgan fingerprint density at radius 2 is 2.12 bits per heavy atom. The predicted octanol–water partition coefficient (Wildman–Crippen LogP) is 0.913. The van der Waals surface area contributed by atoms with Crippen molar-refractivity contribution < 1.29 is 8.42 Å². The van der Waals surface area contributed by atoms with Gasteiger partial charge in [-0.05, 0) is 25.5 Å². The molecule has 1 N–H and O–H groups in total. The Morgan fingerprint density at radius 3 is 2.62 bits per heavy atom. The fraction of sp³-hybridized carbons (Fsp3) is 0.545. The van der Waals surface area contributed by atoms with Gasteiger partial charge in [0.1, 0.15) is 9.84 Å². The van der Waals surface area contributed by atoms with Crippen LogP contribution in [0, 0.1) is 6.92 Å². The van der Waals surface area contributed by atoms with Crippen LogP contribution in [0.25, 0.3) is 0 Å². The molecule has 0 saturated heterocycles. The van der Waals surface area contributed by atoms with Crippen LogP contribution in [0.1, 0.15) is 18.2 Å². The zero-order valence-electron chi connectivity index (χ0n) is 9.90. The summed E-state index contributed by atoms with van der Waals surface area (Å²) in [5, 5.41) is 3.13. The Hall–Kier alpha value is -0.940. The van der Waals surface area contributed by atoms with E-state index in [0.29, 0.717) is 6.54 Å². The number of rotatable bonds is 5. The van der Waals surface area contributed by atoms with Gasteiger partial charge in [0.25, 0.3) is 0 Å². The van der Waals surface area contributed by atoms with Crippen molar-refractivity contribution in [1.82, 2.24) is 10.3 Å². The van der Waals surface area contributed by atoms with Crippen molar-refractivity contribution in [2.75, 3.05) is 12.0 Å². The fourth-order valence-electron chi connectivity index (χ4n) is 1.39. The Morgan fingerprint density at radius 1 is 1.44 bits per heavy atom. The molecule has 0 aliphatic carbocycles. The number of hydrogen-bond donors (Lipinski definition) is 1. The number of aryl methyl sites for hydroxylation is 1. The lowest BCUT2D eigenvalue weighted by Crippen LogP contribution is -2.32. The first-order valence-corrected chi connectivity index (χ1v) is 7.25.